The van der Waals surface area contributed by atoms with E-state index in [1.54, 1.807) is 18.2 Å². The Balaban J connectivity index is 1.73. The summed E-state index contributed by atoms with van der Waals surface area (Å²) in [4.78, 5) is 0. The van der Waals surface area contributed by atoms with Crippen LogP contribution in [0, 0.1) is 11.3 Å². The Morgan fingerprint density at radius 2 is 1.75 bits per heavy atom. The number of hydrogen-bond donors (Lipinski definition) is 2. The van der Waals surface area contributed by atoms with Crippen LogP contribution in [0.15, 0.2) is 60.7 Å². The zero-order chi connectivity index (χ0) is 16.5. The molecule has 0 fully saturated rings. The number of anilines is 4. The molecule has 4 rings (SSSR count). The number of hydrogen-bond acceptors (Lipinski definition) is 4. The first kappa shape index (κ1) is 14.4. The van der Waals surface area contributed by atoms with Gasteiger partial charge < -0.3 is 15.4 Å². The average molecular weight is 334 g/mol. The number of rotatable bonds is 2. The number of halogens is 1. The molecule has 5 heteroatoms. The Hall–Kier alpha value is -3.16. The van der Waals surface area contributed by atoms with E-state index in [1.165, 1.54) is 0 Å². The highest BCUT2D eigenvalue weighted by atomic mass is 35.5. The Labute approximate surface area is 144 Å². The summed E-state index contributed by atoms with van der Waals surface area (Å²) >= 11 is 6.39. The molecule has 0 bridgehead atoms. The van der Waals surface area contributed by atoms with E-state index in [2.05, 4.69) is 16.7 Å². The molecule has 1 aliphatic rings. The van der Waals surface area contributed by atoms with E-state index in [9.17, 15) is 0 Å². The van der Waals surface area contributed by atoms with Crippen molar-refractivity contribution in [2.75, 3.05) is 10.6 Å². The van der Waals surface area contributed by atoms with Gasteiger partial charge >= 0.3 is 0 Å². The summed E-state index contributed by atoms with van der Waals surface area (Å²) in [7, 11) is 0. The normalized spacial score (nSPS) is 11.3. The standard InChI is InChI=1S/C19H12ClN3O/c20-14-9-10-17-19(23-15-3-1-2-4-16(15)24-17)18(14)22-13-7-5-12(11-21)6-8-13/h1-10,22-23H. The molecule has 3 aromatic rings. The van der Waals surface area contributed by atoms with E-state index in [0.717, 1.165) is 28.5 Å². The Bertz CT molecular complexity index is 961. The zero-order valence-corrected chi connectivity index (χ0v) is 13.3. The van der Waals surface area contributed by atoms with Gasteiger partial charge in [-0.2, -0.15) is 5.26 Å². The predicted molar refractivity (Wildman–Crippen MR) is 95.7 cm³/mol. The highest BCUT2D eigenvalue weighted by Crippen LogP contribution is 2.48. The lowest BCUT2D eigenvalue weighted by Gasteiger charge is -2.25. The molecule has 0 aromatic heterocycles. The first-order chi connectivity index (χ1) is 11.7. The largest absolute Gasteiger partial charge is 0.453 e. The van der Waals surface area contributed by atoms with Crippen molar-refractivity contribution in [1.29, 1.82) is 5.26 Å². The summed E-state index contributed by atoms with van der Waals surface area (Å²) in [6, 6.07) is 20.7. The number of nitrogens with one attached hydrogen (secondary N) is 2. The van der Waals surface area contributed by atoms with Crippen LogP contribution in [0.3, 0.4) is 0 Å². The first-order valence-corrected chi connectivity index (χ1v) is 7.76. The fourth-order valence-corrected chi connectivity index (χ4v) is 2.78. The molecule has 24 heavy (non-hydrogen) atoms. The molecule has 4 nitrogen and oxygen atoms in total. The van der Waals surface area contributed by atoms with E-state index in [0.29, 0.717) is 16.3 Å². The van der Waals surface area contributed by atoms with Gasteiger partial charge in [-0.25, -0.2) is 0 Å². The van der Waals surface area contributed by atoms with Crippen molar-refractivity contribution >= 4 is 34.4 Å². The monoisotopic (exact) mass is 333 g/mol. The van der Waals surface area contributed by atoms with Crippen molar-refractivity contribution in [2.24, 2.45) is 0 Å². The van der Waals surface area contributed by atoms with Crippen molar-refractivity contribution in [3.05, 3.63) is 71.2 Å². The lowest BCUT2D eigenvalue weighted by Crippen LogP contribution is -2.06. The number of nitriles is 1. The maximum Gasteiger partial charge on any atom is 0.153 e. The molecule has 1 aliphatic heterocycles. The number of ether oxygens (including phenoxy) is 1. The maximum absolute atomic E-state index is 8.90. The molecule has 116 valence electrons. The van der Waals surface area contributed by atoms with Gasteiger partial charge in [-0.1, -0.05) is 23.7 Å². The first-order valence-electron chi connectivity index (χ1n) is 7.38. The maximum atomic E-state index is 8.90. The second kappa shape index (κ2) is 5.80. The lowest BCUT2D eigenvalue weighted by atomic mass is 10.1. The predicted octanol–water partition coefficient (Wildman–Crippen LogP) is 5.80. The lowest BCUT2D eigenvalue weighted by molar-refractivity contribution is 0.481. The van der Waals surface area contributed by atoms with Crippen LogP contribution in [0.5, 0.6) is 11.5 Å². The van der Waals surface area contributed by atoms with Crippen molar-refractivity contribution in [1.82, 2.24) is 0 Å². The van der Waals surface area contributed by atoms with Crippen molar-refractivity contribution in [3.63, 3.8) is 0 Å². The molecule has 0 atom stereocenters. The molecule has 3 aromatic carbocycles. The topological polar surface area (TPSA) is 57.1 Å². The Morgan fingerprint density at radius 3 is 2.54 bits per heavy atom. The summed E-state index contributed by atoms with van der Waals surface area (Å²) in [5.74, 6) is 1.48. The minimum Gasteiger partial charge on any atom is -0.453 e. The van der Waals surface area contributed by atoms with Crippen molar-refractivity contribution < 1.29 is 4.74 Å². The molecular weight excluding hydrogens is 322 g/mol. The van der Waals surface area contributed by atoms with Gasteiger partial charge in [0.25, 0.3) is 0 Å². The molecule has 0 saturated carbocycles. The minimum atomic E-state index is 0.577. The van der Waals surface area contributed by atoms with Crippen LogP contribution in [0.2, 0.25) is 5.02 Å². The van der Waals surface area contributed by atoms with Crippen molar-refractivity contribution in [2.45, 2.75) is 0 Å². The van der Waals surface area contributed by atoms with E-state index in [-0.39, 0.29) is 0 Å². The van der Waals surface area contributed by atoms with Crippen LogP contribution < -0.4 is 15.4 Å². The van der Waals surface area contributed by atoms with Gasteiger partial charge in [0, 0.05) is 5.69 Å². The fourth-order valence-electron chi connectivity index (χ4n) is 2.57. The van der Waals surface area contributed by atoms with Gasteiger partial charge in [0.05, 0.1) is 28.0 Å². The van der Waals surface area contributed by atoms with Crippen LogP contribution in [0.25, 0.3) is 0 Å². The van der Waals surface area contributed by atoms with Gasteiger partial charge in [0.15, 0.2) is 11.5 Å². The van der Waals surface area contributed by atoms with E-state index < -0.39 is 0 Å². The van der Waals surface area contributed by atoms with Gasteiger partial charge in [-0.05, 0) is 48.5 Å². The van der Waals surface area contributed by atoms with Crippen LogP contribution in [0.4, 0.5) is 22.7 Å². The van der Waals surface area contributed by atoms with Crippen molar-refractivity contribution in [3.8, 4) is 17.6 Å². The molecule has 2 N–H and O–H groups in total. The molecule has 0 amide bonds. The molecule has 0 unspecified atom stereocenters. The van der Waals surface area contributed by atoms with Gasteiger partial charge in [0.1, 0.15) is 5.69 Å². The van der Waals surface area contributed by atoms with Gasteiger partial charge in [0.2, 0.25) is 0 Å². The number of benzene rings is 3. The summed E-state index contributed by atoms with van der Waals surface area (Å²) in [5.41, 5.74) is 3.84. The summed E-state index contributed by atoms with van der Waals surface area (Å²) < 4.78 is 5.94. The highest BCUT2D eigenvalue weighted by molar-refractivity contribution is 6.34. The smallest absolute Gasteiger partial charge is 0.153 e. The summed E-state index contributed by atoms with van der Waals surface area (Å²) in [5, 5.41) is 16.1. The van der Waals surface area contributed by atoms with Gasteiger partial charge in [-0.3, -0.25) is 0 Å². The molecule has 0 saturated heterocycles. The van der Waals surface area contributed by atoms with E-state index >= 15 is 0 Å². The molecule has 1 heterocycles. The minimum absolute atomic E-state index is 0.577. The fraction of sp³-hybridized carbons (Fsp3) is 0. The second-order valence-electron chi connectivity index (χ2n) is 5.33. The quantitative estimate of drug-likeness (QED) is 0.486. The zero-order valence-electron chi connectivity index (χ0n) is 12.5. The molecular formula is C19H12ClN3O. The summed E-state index contributed by atoms with van der Waals surface area (Å²) in [6.45, 7) is 0. The Kier molecular flexibility index (Phi) is 3.49. The second-order valence-corrected chi connectivity index (χ2v) is 5.74. The summed E-state index contributed by atoms with van der Waals surface area (Å²) in [6.07, 6.45) is 0. The third-order valence-corrected chi connectivity index (χ3v) is 4.08. The van der Waals surface area contributed by atoms with Crippen LogP contribution in [-0.4, -0.2) is 0 Å². The highest BCUT2D eigenvalue weighted by Gasteiger charge is 2.21. The average Bonchev–Trinajstić information content (AvgIpc) is 2.63. The third-order valence-electron chi connectivity index (χ3n) is 3.77. The van der Waals surface area contributed by atoms with Crippen LogP contribution in [0.1, 0.15) is 5.56 Å². The van der Waals surface area contributed by atoms with Gasteiger partial charge in [-0.15, -0.1) is 0 Å². The number of para-hydroxylation sites is 2. The SMILES string of the molecule is N#Cc1ccc(Nc2c(Cl)ccc3c2Nc2ccccc2O3)cc1. The molecule has 0 aliphatic carbocycles. The Morgan fingerprint density at radius 1 is 0.958 bits per heavy atom. The van der Waals surface area contributed by atoms with E-state index in [1.807, 2.05) is 42.5 Å². The third kappa shape index (κ3) is 2.51. The molecule has 0 radical (unpaired) electrons. The van der Waals surface area contributed by atoms with Crippen LogP contribution in [-0.2, 0) is 0 Å². The van der Waals surface area contributed by atoms with Crippen LogP contribution >= 0.6 is 11.6 Å². The number of nitrogens with zero attached hydrogens (tertiary/aromatic N) is 1. The van der Waals surface area contributed by atoms with E-state index in [4.69, 9.17) is 21.6 Å². The molecule has 0 spiro atoms. The number of fused-ring (bicyclic) bond motifs is 2.